The van der Waals surface area contributed by atoms with Crippen molar-refractivity contribution in [3.63, 3.8) is 0 Å². The molecule has 2 rings (SSSR count). The number of halogens is 1. The van der Waals surface area contributed by atoms with Gasteiger partial charge in [0.25, 0.3) is 0 Å². The second-order valence-corrected chi connectivity index (χ2v) is 6.37. The van der Waals surface area contributed by atoms with Crippen LogP contribution in [0.5, 0.6) is 0 Å². The summed E-state index contributed by atoms with van der Waals surface area (Å²) in [6.07, 6.45) is 3.92. The number of carboxylic acids is 1. The van der Waals surface area contributed by atoms with Gasteiger partial charge in [0.05, 0.1) is 5.92 Å². The maximum Gasteiger partial charge on any atom is 0.306 e. The first kappa shape index (κ1) is 14.5. The predicted molar refractivity (Wildman–Crippen MR) is 81.2 cm³/mol. The molecule has 2 atom stereocenters. The van der Waals surface area contributed by atoms with E-state index in [2.05, 4.69) is 22.6 Å². The fourth-order valence-corrected chi connectivity index (χ4v) is 3.13. The lowest BCUT2D eigenvalue weighted by Gasteiger charge is -2.27. The van der Waals surface area contributed by atoms with Crippen LogP contribution in [0.1, 0.15) is 42.5 Å². The number of hydrogen-bond acceptors (Lipinski definition) is 2. The van der Waals surface area contributed by atoms with Crippen molar-refractivity contribution in [2.24, 2.45) is 11.8 Å². The summed E-state index contributed by atoms with van der Waals surface area (Å²) in [6.45, 7) is 0. The third-order valence-corrected chi connectivity index (χ3v) is 4.56. The Morgan fingerprint density at radius 1 is 1.16 bits per heavy atom. The molecule has 0 aromatic heterocycles. The maximum atomic E-state index is 12.2. The van der Waals surface area contributed by atoms with Gasteiger partial charge < -0.3 is 5.11 Å². The Morgan fingerprint density at radius 2 is 1.79 bits per heavy atom. The van der Waals surface area contributed by atoms with E-state index < -0.39 is 5.97 Å². The van der Waals surface area contributed by atoms with Gasteiger partial charge in [0, 0.05) is 15.6 Å². The Kier molecular flexibility index (Phi) is 4.96. The number of aliphatic carboxylic acids is 1. The highest BCUT2D eigenvalue weighted by Crippen LogP contribution is 2.33. The second-order valence-electron chi connectivity index (χ2n) is 5.12. The van der Waals surface area contributed by atoms with Crippen molar-refractivity contribution in [2.45, 2.75) is 32.1 Å². The van der Waals surface area contributed by atoms with Gasteiger partial charge in [0.2, 0.25) is 0 Å². The van der Waals surface area contributed by atoms with Gasteiger partial charge in [-0.2, -0.15) is 0 Å². The summed E-state index contributed by atoms with van der Waals surface area (Å²) in [5.74, 6) is -1.03. The highest BCUT2D eigenvalue weighted by Gasteiger charge is 2.32. The van der Waals surface area contributed by atoms with Crippen LogP contribution in [0, 0.1) is 15.4 Å². The Bertz CT molecular complexity index is 467. The van der Waals surface area contributed by atoms with Crippen molar-refractivity contribution in [2.75, 3.05) is 0 Å². The minimum Gasteiger partial charge on any atom is -0.481 e. The van der Waals surface area contributed by atoms with Crippen LogP contribution in [0.15, 0.2) is 24.3 Å². The molecule has 4 heteroatoms. The first-order chi connectivity index (χ1) is 9.08. The van der Waals surface area contributed by atoms with E-state index in [1.165, 1.54) is 0 Å². The average molecular weight is 372 g/mol. The van der Waals surface area contributed by atoms with Crippen LogP contribution in [0.3, 0.4) is 0 Å². The highest BCUT2D eigenvalue weighted by molar-refractivity contribution is 14.1. The van der Waals surface area contributed by atoms with Crippen LogP contribution in [0.25, 0.3) is 0 Å². The molecule has 1 saturated carbocycles. The molecule has 19 heavy (non-hydrogen) atoms. The zero-order valence-electron chi connectivity index (χ0n) is 10.6. The molecule has 102 valence electrons. The van der Waals surface area contributed by atoms with E-state index >= 15 is 0 Å². The molecule has 1 aromatic rings. The second kappa shape index (κ2) is 6.50. The molecular formula is C15H17IO3. The average Bonchev–Trinajstić information content (AvgIpc) is 2.39. The fourth-order valence-electron chi connectivity index (χ4n) is 2.77. The zero-order valence-corrected chi connectivity index (χ0v) is 12.8. The first-order valence-corrected chi connectivity index (χ1v) is 7.67. The SMILES string of the molecule is O=C(C[C@@H]1CCCC[C@@H]1C(=O)O)c1ccc(I)cc1. The molecule has 0 bridgehead atoms. The standard InChI is InChI=1S/C15H17IO3/c16-12-7-5-10(6-8-12)14(17)9-11-3-1-2-4-13(11)15(18)19/h5-8,11,13H,1-4,9H2,(H,18,19)/t11-,13-/m0/s1. The van der Waals surface area contributed by atoms with Crippen LogP contribution in [-0.4, -0.2) is 16.9 Å². The van der Waals surface area contributed by atoms with Crippen LogP contribution >= 0.6 is 22.6 Å². The monoisotopic (exact) mass is 372 g/mol. The summed E-state index contributed by atoms with van der Waals surface area (Å²) >= 11 is 2.20. The summed E-state index contributed by atoms with van der Waals surface area (Å²) in [5, 5.41) is 9.22. The smallest absolute Gasteiger partial charge is 0.306 e. The van der Waals surface area contributed by atoms with Crippen molar-refractivity contribution in [1.29, 1.82) is 0 Å². The van der Waals surface area contributed by atoms with Gasteiger partial charge in [-0.25, -0.2) is 0 Å². The number of carbonyl (C=O) groups is 2. The van der Waals surface area contributed by atoms with E-state index in [9.17, 15) is 14.7 Å². The summed E-state index contributed by atoms with van der Waals surface area (Å²) < 4.78 is 1.09. The molecular weight excluding hydrogens is 355 g/mol. The minimum atomic E-state index is -0.750. The van der Waals surface area contributed by atoms with Crippen LogP contribution < -0.4 is 0 Å². The highest BCUT2D eigenvalue weighted by atomic mass is 127. The predicted octanol–water partition coefficient (Wildman–Crippen LogP) is 3.76. The van der Waals surface area contributed by atoms with Gasteiger partial charge >= 0.3 is 5.97 Å². The number of rotatable bonds is 4. The lowest BCUT2D eigenvalue weighted by Crippen LogP contribution is -2.28. The Labute approximate surface area is 126 Å². The van der Waals surface area contributed by atoms with Gasteiger partial charge in [-0.15, -0.1) is 0 Å². The van der Waals surface area contributed by atoms with E-state index in [4.69, 9.17) is 0 Å². The topological polar surface area (TPSA) is 54.4 Å². The third-order valence-electron chi connectivity index (χ3n) is 3.84. The maximum absolute atomic E-state index is 12.2. The molecule has 0 spiro atoms. The molecule has 0 unspecified atom stereocenters. The third kappa shape index (κ3) is 3.78. The molecule has 1 fully saturated rings. The molecule has 0 saturated heterocycles. The molecule has 3 nitrogen and oxygen atoms in total. The lowest BCUT2D eigenvalue weighted by atomic mass is 9.76. The summed E-state index contributed by atoms with van der Waals surface area (Å²) in [6, 6.07) is 7.46. The van der Waals surface area contributed by atoms with Gasteiger partial charge in [0.15, 0.2) is 5.78 Å². The number of hydrogen-bond donors (Lipinski definition) is 1. The summed E-state index contributed by atoms with van der Waals surface area (Å²) in [7, 11) is 0. The minimum absolute atomic E-state index is 0.00183. The summed E-state index contributed by atoms with van der Waals surface area (Å²) in [5.41, 5.74) is 0.690. The summed E-state index contributed by atoms with van der Waals surface area (Å²) in [4.78, 5) is 23.4. The molecule has 0 amide bonds. The van der Waals surface area contributed by atoms with Gasteiger partial charge in [-0.1, -0.05) is 25.0 Å². The van der Waals surface area contributed by atoms with Gasteiger partial charge in [0.1, 0.15) is 0 Å². The van der Waals surface area contributed by atoms with E-state index in [0.717, 1.165) is 22.8 Å². The van der Waals surface area contributed by atoms with Crippen molar-refractivity contribution in [1.82, 2.24) is 0 Å². The van der Waals surface area contributed by atoms with Crippen molar-refractivity contribution in [3.05, 3.63) is 33.4 Å². The Balaban J connectivity index is 2.04. The van der Waals surface area contributed by atoms with Crippen molar-refractivity contribution < 1.29 is 14.7 Å². The quantitative estimate of drug-likeness (QED) is 0.647. The largest absolute Gasteiger partial charge is 0.481 e. The van der Waals surface area contributed by atoms with Gasteiger partial charge in [-0.3, -0.25) is 9.59 Å². The Morgan fingerprint density at radius 3 is 2.42 bits per heavy atom. The number of Topliss-reactive ketones (excluding diaryl/α,β-unsaturated/α-hetero) is 1. The van der Waals surface area contributed by atoms with Crippen LogP contribution in [0.2, 0.25) is 0 Å². The zero-order chi connectivity index (χ0) is 13.8. The first-order valence-electron chi connectivity index (χ1n) is 6.59. The number of carbonyl (C=O) groups excluding carboxylic acids is 1. The Hall–Kier alpha value is -0.910. The molecule has 1 N–H and O–H groups in total. The van der Waals surface area contributed by atoms with Crippen LogP contribution in [-0.2, 0) is 4.79 Å². The van der Waals surface area contributed by atoms with Gasteiger partial charge in [-0.05, 0) is 53.5 Å². The van der Waals surface area contributed by atoms with Crippen LogP contribution in [0.4, 0.5) is 0 Å². The number of carboxylic acid groups (broad SMARTS) is 1. The lowest BCUT2D eigenvalue weighted by molar-refractivity contribution is -0.144. The van der Waals surface area contributed by atoms with E-state index in [0.29, 0.717) is 18.4 Å². The van der Waals surface area contributed by atoms with Crippen molar-refractivity contribution >= 4 is 34.3 Å². The van der Waals surface area contributed by atoms with E-state index in [1.807, 2.05) is 24.3 Å². The van der Waals surface area contributed by atoms with E-state index in [-0.39, 0.29) is 17.6 Å². The molecule has 1 aliphatic rings. The molecule has 1 aliphatic carbocycles. The molecule has 1 aromatic carbocycles. The van der Waals surface area contributed by atoms with E-state index in [1.54, 1.807) is 0 Å². The normalized spacial score (nSPS) is 23.0. The van der Waals surface area contributed by atoms with Crippen molar-refractivity contribution in [3.8, 4) is 0 Å². The number of ketones is 1. The molecule has 0 heterocycles. The molecule has 0 radical (unpaired) electrons. The number of benzene rings is 1. The fraction of sp³-hybridized carbons (Fsp3) is 0.467. The molecule has 0 aliphatic heterocycles.